The molecule has 3 aliphatic rings. The van der Waals surface area contributed by atoms with E-state index in [1.54, 1.807) is 18.2 Å². The van der Waals surface area contributed by atoms with Gasteiger partial charge in [0.25, 0.3) is 11.8 Å². The summed E-state index contributed by atoms with van der Waals surface area (Å²) in [6, 6.07) is 11.8. The van der Waals surface area contributed by atoms with E-state index in [0.717, 1.165) is 18.4 Å². The van der Waals surface area contributed by atoms with Crippen LogP contribution in [-0.2, 0) is 16.1 Å². The number of carbonyl (C=O) groups is 4. The number of imide groups is 1. The fraction of sp³-hybridized carbons (Fsp3) is 0.333. The van der Waals surface area contributed by atoms with E-state index in [1.807, 2.05) is 24.3 Å². The molecule has 2 fully saturated rings. The van der Waals surface area contributed by atoms with Gasteiger partial charge in [0.1, 0.15) is 6.04 Å². The molecule has 2 atom stereocenters. The number of piperidine rings is 1. The lowest BCUT2D eigenvalue weighted by Crippen LogP contribution is -2.52. The first-order chi connectivity index (χ1) is 15.4. The Morgan fingerprint density at radius 2 is 1.81 bits per heavy atom. The fourth-order valence-corrected chi connectivity index (χ4v) is 4.64. The molecule has 0 bridgehead atoms. The first-order valence-corrected chi connectivity index (χ1v) is 11.1. The van der Waals surface area contributed by atoms with Crippen molar-refractivity contribution in [3.8, 4) is 0 Å². The van der Waals surface area contributed by atoms with Gasteiger partial charge in [-0.1, -0.05) is 23.7 Å². The van der Waals surface area contributed by atoms with E-state index >= 15 is 0 Å². The maximum atomic E-state index is 13.0. The molecule has 0 spiro atoms. The van der Waals surface area contributed by atoms with Crippen molar-refractivity contribution in [3.63, 3.8) is 0 Å². The van der Waals surface area contributed by atoms with Crippen molar-refractivity contribution in [1.82, 2.24) is 15.5 Å². The molecule has 32 heavy (non-hydrogen) atoms. The molecule has 2 heterocycles. The van der Waals surface area contributed by atoms with Crippen LogP contribution >= 0.6 is 11.6 Å². The van der Waals surface area contributed by atoms with E-state index in [0.29, 0.717) is 34.1 Å². The van der Waals surface area contributed by atoms with E-state index in [-0.39, 0.29) is 36.7 Å². The second kappa shape index (κ2) is 8.06. The summed E-state index contributed by atoms with van der Waals surface area (Å²) in [5.74, 6) is -0.819. The highest BCUT2D eigenvalue weighted by molar-refractivity contribution is 6.30. The summed E-state index contributed by atoms with van der Waals surface area (Å²) in [6.45, 7) is 0.241. The Kier molecular flexibility index (Phi) is 5.21. The second-order valence-corrected chi connectivity index (χ2v) is 9.05. The Morgan fingerprint density at radius 1 is 1.06 bits per heavy atom. The van der Waals surface area contributed by atoms with Gasteiger partial charge >= 0.3 is 0 Å². The van der Waals surface area contributed by atoms with Gasteiger partial charge in [-0.25, -0.2) is 0 Å². The molecule has 7 nitrogen and oxygen atoms in total. The van der Waals surface area contributed by atoms with Gasteiger partial charge in [-0.05, 0) is 66.6 Å². The largest absolute Gasteiger partial charge is 0.345 e. The van der Waals surface area contributed by atoms with Crippen molar-refractivity contribution in [2.75, 3.05) is 0 Å². The number of hydrogen-bond acceptors (Lipinski definition) is 4. The lowest BCUT2D eigenvalue weighted by molar-refractivity contribution is -0.136. The van der Waals surface area contributed by atoms with E-state index in [2.05, 4.69) is 10.6 Å². The van der Waals surface area contributed by atoms with Crippen LogP contribution in [0.1, 0.15) is 63.6 Å². The molecule has 1 saturated heterocycles. The van der Waals surface area contributed by atoms with Gasteiger partial charge in [0, 0.05) is 29.1 Å². The monoisotopic (exact) mass is 451 g/mol. The molecular formula is C24H22ClN3O4. The highest BCUT2D eigenvalue weighted by atomic mass is 35.5. The van der Waals surface area contributed by atoms with E-state index in [4.69, 9.17) is 11.6 Å². The highest BCUT2D eigenvalue weighted by Gasteiger charge is 2.39. The van der Waals surface area contributed by atoms with Crippen LogP contribution in [0.25, 0.3) is 0 Å². The van der Waals surface area contributed by atoms with Crippen molar-refractivity contribution < 1.29 is 19.2 Å². The Hall–Kier alpha value is -3.19. The lowest BCUT2D eigenvalue weighted by atomic mass is 10.0. The Balaban J connectivity index is 1.33. The molecule has 8 heteroatoms. The number of rotatable bonds is 5. The topological polar surface area (TPSA) is 95.6 Å². The lowest BCUT2D eigenvalue weighted by Gasteiger charge is -2.29. The molecule has 1 saturated carbocycles. The van der Waals surface area contributed by atoms with Crippen LogP contribution in [0.3, 0.4) is 0 Å². The molecule has 2 aromatic rings. The van der Waals surface area contributed by atoms with Crippen LogP contribution in [0.5, 0.6) is 0 Å². The Morgan fingerprint density at radius 3 is 2.50 bits per heavy atom. The number of nitrogens with one attached hydrogen (secondary N) is 2. The van der Waals surface area contributed by atoms with Crippen LogP contribution in [0.2, 0.25) is 5.02 Å². The molecule has 1 unspecified atom stereocenters. The van der Waals surface area contributed by atoms with Crippen LogP contribution in [0.15, 0.2) is 42.5 Å². The van der Waals surface area contributed by atoms with Crippen LogP contribution < -0.4 is 10.6 Å². The summed E-state index contributed by atoms with van der Waals surface area (Å²) in [5, 5.41) is 6.09. The number of nitrogens with zero attached hydrogens (tertiary/aromatic N) is 1. The first kappa shape index (κ1) is 20.7. The Bertz CT molecular complexity index is 1130. The minimum atomic E-state index is -0.672. The summed E-state index contributed by atoms with van der Waals surface area (Å²) in [7, 11) is 0. The zero-order valence-electron chi connectivity index (χ0n) is 17.3. The summed E-state index contributed by atoms with van der Waals surface area (Å²) >= 11 is 6.00. The molecular weight excluding hydrogens is 430 g/mol. The third kappa shape index (κ3) is 3.88. The third-order valence-corrected chi connectivity index (χ3v) is 6.65. The number of amides is 4. The molecule has 164 valence electrons. The van der Waals surface area contributed by atoms with E-state index in [1.165, 1.54) is 4.90 Å². The van der Waals surface area contributed by atoms with Crippen LogP contribution in [-0.4, -0.2) is 34.6 Å². The predicted octanol–water partition coefficient (Wildman–Crippen LogP) is 2.98. The van der Waals surface area contributed by atoms with Gasteiger partial charge in [0.2, 0.25) is 11.8 Å². The average molecular weight is 452 g/mol. The van der Waals surface area contributed by atoms with Gasteiger partial charge in [0.15, 0.2) is 0 Å². The standard InChI is InChI=1S/C24H22ClN3O4/c25-17-6-3-14(4-7-17)21(13-1-2-13)27-22(30)15-5-8-18-16(11-15)12-28(24(18)32)19-9-10-20(29)26-23(19)31/h3-8,11,13,19,21H,1-2,9-10,12H2,(H,27,30)(H,26,29,31)/t19?,21-/m1/s1. The molecule has 4 amide bonds. The average Bonchev–Trinajstić information content (AvgIpc) is 3.56. The molecule has 5 rings (SSSR count). The molecule has 1 aliphatic carbocycles. The number of fused-ring (bicyclic) bond motifs is 1. The van der Waals surface area contributed by atoms with Gasteiger partial charge < -0.3 is 10.2 Å². The maximum Gasteiger partial charge on any atom is 0.255 e. The predicted molar refractivity (Wildman–Crippen MR) is 117 cm³/mol. The van der Waals surface area contributed by atoms with Crippen LogP contribution in [0.4, 0.5) is 0 Å². The molecule has 2 aromatic carbocycles. The third-order valence-electron chi connectivity index (χ3n) is 6.39. The van der Waals surface area contributed by atoms with Gasteiger partial charge in [0.05, 0.1) is 6.04 Å². The normalized spacial score (nSPS) is 21.2. The number of benzene rings is 2. The van der Waals surface area contributed by atoms with Crippen molar-refractivity contribution in [2.45, 2.75) is 44.3 Å². The van der Waals surface area contributed by atoms with E-state index < -0.39 is 11.9 Å². The maximum absolute atomic E-state index is 13.0. The minimum absolute atomic E-state index is 0.0883. The van der Waals surface area contributed by atoms with Crippen molar-refractivity contribution in [3.05, 3.63) is 69.7 Å². The summed E-state index contributed by atoms with van der Waals surface area (Å²) in [5.41, 5.74) is 2.69. The zero-order valence-corrected chi connectivity index (χ0v) is 18.0. The van der Waals surface area contributed by atoms with Gasteiger partial charge in [-0.3, -0.25) is 24.5 Å². The summed E-state index contributed by atoms with van der Waals surface area (Å²) < 4.78 is 0. The SMILES string of the molecule is O=C1CCC(N2Cc3cc(C(=O)N[C@@H](c4ccc(Cl)cc4)C4CC4)ccc3C2=O)C(=O)N1. The number of halogens is 1. The van der Waals surface area contributed by atoms with E-state index in [9.17, 15) is 19.2 Å². The first-order valence-electron chi connectivity index (χ1n) is 10.7. The number of hydrogen-bond donors (Lipinski definition) is 2. The minimum Gasteiger partial charge on any atom is -0.345 e. The smallest absolute Gasteiger partial charge is 0.255 e. The second-order valence-electron chi connectivity index (χ2n) is 8.61. The summed E-state index contributed by atoms with van der Waals surface area (Å²) in [6.07, 6.45) is 2.64. The van der Waals surface area contributed by atoms with Gasteiger partial charge in [-0.2, -0.15) is 0 Å². The highest BCUT2D eigenvalue weighted by Crippen LogP contribution is 2.41. The molecule has 2 N–H and O–H groups in total. The Labute approximate surface area is 190 Å². The number of carbonyl (C=O) groups excluding carboxylic acids is 4. The van der Waals surface area contributed by atoms with Crippen molar-refractivity contribution in [2.24, 2.45) is 5.92 Å². The summed E-state index contributed by atoms with van der Waals surface area (Å²) in [4.78, 5) is 51.0. The fourth-order valence-electron chi connectivity index (χ4n) is 4.51. The molecule has 0 aromatic heterocycles. The molecule has 2 aliphatic heterocycles. The zero-order chi connectivity index (χ0) is 22.4. The quantitative estimate of drug-likeness (QED) is 0.683. The van der Waals surface area contributed by atoms with Gasteiger partial charge in [-0.15, -0.1) is 0 Å². The van der Waals surface area contributed by atoms with Crippen molar-refractivity contribution in [1.29, 1.82) is 0 Å². The van der Waals surface area contributed by atoms with Crippen molar-refractivity contribution >= 4 is 35.2 Å². The molecule has 0 radical (unpaired) electrons. The van der Waals surface area contributed by atoms with Crippen LogP contribution in [0, 0.1) is 5.92 Å².